The fourth-order valence-electron chi connectivity index (χ4n) is 4.06. The number of nitrogens with zero attached hydrogens (tertiary/aromatic N) is 3. The topological polar surface area (TPSA) is 103 Å². The SMILES string of the molecule is COC(=O)c1cccc(N2CC(Oc3cccc(-c4csc(NS(C)(=O)=O)n4)c3)C2)c1-n1cccc1. The summed E-state index contributed by atoms with van der Waals surface area (Å²) in [7, 11) is -2.00. The van der Waals surface area contributed by atoms with Crippen molar-refractivity contribution in [3.8, 4) is 22.7 Å². The molecule has 1 fully saturated rings. The number of esters is 1. The number of benzene rings is 2. The number of aromatic nitrogens is 2. The second kappa shape index (κ2) is 9.67. The van der Waals surface area contributed by atoms with Crippen molar-refractivity contribution >= 4 is 38.1 Å². The Bertz CT molecular complexity index is 1490. The van der Waals surface area contributed by atoms with Gasteiger partial charge in [0.1, 0.15) is 11.9 Å². The molecule has 5 rings (SSSR count). The van der Waals surface area contributed by atoms with Gasteiger partial charge in [0.2, 0.25) is 10.0 Å². The van der Waals surface area contributed by atoms with E-state index in [1.54, 1.807) is 11.4 Å². The van der Waals surface area contributed by atoms with Crippen LogP contribution in [0.5, 0.6) is 5.75 Å². The van der Waals surface area contributed by atoms with E-state index in [2.05, 4.69) is 14.6 Å². The van der Waals surface area contributed by atoms with Gasteiger partial charge in [0.25, 0.3) is 0 Å². The van der Waals surface area contributed by atoms with Gasteiger partial charge in [0, 0.05) is 23.3 Å². The quantitative estimate of drug-likeness (QED) is 0.347. The fourth-order valence-corrected chi connectivity index (χ4v) is 5.63. The molecule has 2 aromatic heterocycles. The minimum absolute atomic E-state index is 0.0301. The Hall–Kier alpha value is -3.83. The van der Waals surface area contributed by atoms with Crippen LogP contribution in [-0.4, -0.2) is 56.5 Å². The first-order valence-corrected chi connectivity index (χ1v) is 13.9. The van der Waals surface area contributed by atoms with Gasteiger partial charge in [-0.05, 0) is 36.4 Å². The van der Waals surface area contributed by atoms with Gasteiger partial charge in [-0.2, -0.15) is 0 Å². The molecule has 0 spiro atoms. The Labute approximate surface area is 213 Å². The van der Waals surface area contributed by atoms with Crippen LogP contribution < -0.4 is 14.4 Å². The molecule has 2 aromatic carbocycles. The monoisotopic (exact) mass is 524 g/mol. The van der Waals surface area contributed by atoms with E-state index >= 15 is 0 Å². The molecule has 186 valence electrons. The van der Waals surface area contributed by atoms with E-state index in [0.717, 1.165) is 23.2 Å². The maximum absolute atomic E-state index is 12.4. The number of ether oxygens (including phenoxy) is 2. The molecule has 0 aliphatic carbocycles. The Morgan fingerprint density at radius 2 is 1.86 bits per heavy atom. The summed E-state index contributed by atoms with van der Waals surface area (Å²) in [6, 6.07) is 17.0. The van der Waals surface area contributed by atoms with Crippen molar-refractivity contribution in [1.82, 2.24) is 9.55 Å². The van der Waals surface area contributed by atoms with Crippen LogP contribution in [-0.2, 0) is 14.8 Å². The lowest BCUT2D eigenvalue weighted by molar-refractivity contribution is 0.0600. The van der Waals surface area contributed by atoms with Crippen molar-refractivity contribution in [2.24, 2.45) is 0 Å². The maximum atomic E-state index is 12.4. The summed E-state index contributed by atoms with van der Waals surface area (Å²) in [6.45, 7) is 1.31. The van der Waals surface area contributed by atoms with E-state index in [0.29, 0.717) is 35.2 Å². The highest BCUT2D eigenvalue weighted by Crippen LogP contribution is 2.34. The highest BCUT2D eigenvalue weighted by atomic mass is 32.2. The predicted octanol–water partition coefficient (Wildman–Crippen LogP) is 4.03. The second-order valence-electron chi connectivity index (χ2n) is 8.34. The van der Waals surface area contributed by atoms with E-state index in [1.807, 2.05) is 65.5 Å². The summed E-state index contributed by atoms with van der Waals surface area (Å²) in [4.78, 5) is 18.9. The zero-order valence-corrected chi connectivity index (χ0v) is 21.3. The number of rotatable bonds is 8. The molecule has 1 N–H and O–H groups in total. The first-order valence-electron chi connectivity index (χ1n) is 11.1. The summed E-state index contributed by atoms with van der Waals surface area (Å²) in [5, 5.41) is 2.12. The van der Waals surface area contributed by atoms with Gasteiger partial charge < -0.3 is 18.9 Å². The van der Waals surface area contributed by atoms with Crippen LogP contribution in [0.15, 0.2) is 72.4 Å². The summed E-state index contributed by atoms with van der Waals surface area (Å²) >= 11 is 1.23. The molecule has 11 heteroatoms. The zero-order valence-electron chi connectivity index (χ0n) is 19.6. The van der Waals surface area contributed by atoms with Gasteiger partial charge in [0.05, 0.1) is 49.1 Å². The molecule has 3 heterocycles. The molecule has 1 aliphatic rings. The average Bonchev–Trinajstić information content (AvgIpc) is 3.52. The third-order valence-electron chi connectivity index (χ3n) is 5.68. The average molecular weight is 525 g/mol. The van der Waals surface area contributed by atoms with Crippen molar-refractivity contribution < 1.29 is 22.7 Å². The standard InChI is InChI=1S/C25H24N4O5S2/c1-33-24(30)20-9-6-10-22(23(20)28-11-3-4-12-28)29-14-19(15-29)34-18-8-5-7-17(13-18)21-16-35-25(26-21)27-36(2,31)32/h3-13,16,19H,14-15H2,1-2H3,(H,26,27). The number of sulfonamides is 1. The van der Waals surface area contributed by atoms with Crippen molar-refractivity contribution in [2.75, 3.05) is 36.1 Å². The van der Waals surface area contributed by atoms with Gasteiger partial charge in [-0.25, -0.2) is 18.2 Å². The molecular weight excluding hydrogens is 500 g/mol. The highest BCUT2D eigenvalue weighted by molar-refractivity contribution is 7.92. The third kappa shape index (κ3) is 5.07. The number of carbonyl (C=O) groups excluding carboxylic acids is 1. The summed E-state index contributed by atoms with van der Waals surface area (Å²) in [6.07, 6.45) is 4.87. The van der Waals surface area contributed by atoms with Crippen molar-refractivity contribution in [2.45, 2.75) is 6.10 Å². The van der Waals surface area contributed by atoms with E-state index in [9.17, 15) is 13.2 Å². The van der Waals surface area contributed by atoms with Gasteiger partial charge >= 0.3 is 5.97 Å². The Morgan fingerprint density at radius 3 is 2.58 bits per heavy atom. The van der Waals surface area contributed by atoms with Crippen LogP contribution in [0.2, 0.25) is 0 Å². The molecule has 0 atom stereocenters. The molecule has 9 nitrogen and oxygen atoms in total. The number of para-hydroxylation sites is 1. The van der Waals surface area contributed by atoms with Crippen LogP contribution in [0.3, 0.4) is 0 Å². The number of hydrogen-bond donors (Lipinski definition) is 1. The molecule has 1 aliphatic heterocycles. The molecule has 36 heavy (non-hydrogen) atoms. The van der Waals surface area contributed by atoms with Crippen LogP contribution in [0.1, 0.15) is 10.4 Å². The van der Waals surface area contributed by atoms with Crippen LogP contribution in [0, 0.1) is 0 Å². The number of carbonyl (C=O) groups is 1. The van der Waals surface area contributed by atoms with E-state index < -0.39 is 10.0 Å². The predicted molar refractivity (Wildman–Crippen MR) is 140 cm³/mol. The first-order chi connectivity index (χ1) is 17.3. The van der Waals surface area contributed by atoms with Crippen molar-refractivity contribution in [1.29, 1.82) is 0 Å². The number of thiazole rings is 1. The Balaban J connectivity index is 1.30. The Kier molecular flexibility index (Phi) is 6.42. The van der Waals surface area contributed by atoms with Crippen LogP contribution in [0.25, 0.3) is 16.9 Å². The lowest BCUT2D eigenvalue weighted by atomic mass is 10.1. The molecule has 0 radical (unpaired) electrons. The molecule has 0 amide bonds. The molecule has 4 aromatic rings. The van der Waals surface area contributed by atoms with Gasteiger partial charge in [0.15, 0.2) is 5.13 Å². The largest absolute Gasteiger partial charge is 0.487 e. The molecule has 0 bridgehead atoms. The second-order valence-corrected chi connectivity index (χ2v) is 10.9. The van der Waals surface area contributed by atoms with E-state index in [1.165, 1.54) is 18.4 Å². The van der Waals surface area contributed by atoms with Gasteiger partial charge in [-0.3, -0.25) is 4.72 Å². The number of nitrogens with one attached hydrogen (secondary N) is 1. The normalized spacial score (nSPS) is 13.8. The minimum atomic E-state index is -3.38. The number of methoxy groups -OCH3 is 1. The summed E-state index contributed by atoms with van der Waals surface area (Å²) < 4.78 is 38.4. The van der Waals surface area contributed by atoms with E-state index in [4.69, 9.17) is 9.47 Å². The van der Waals surface area contributed by atoms with Gasteiger partial charge in [-0.1, -0.05) is 18.2 Å². The number of anilines is 2. The molecule has 0 saturated carbocycles. The first kappa shape index (κ1) is 23.9. The molecule has 1 saturated heterocycles. The molecule has 0 unspecified atom stereocenters. The number of hydrogen-bond acceptors (Lipinski definition) is 8. The summed E-state index contributed by atoms with van der Waals surface area (Å²) in [5.74, 6) is 0.319. The molecular formula is C25H24N4O5S2. The van der Waals surface area contributed by atoms with Crippen LogP contribution in [0.4, 0.5) is 10.8 Å². The van der Waals surface area contributed by atoms with Crippen molar-refractivity contribution in [3.05, 3.63) is 77.9 Å². The lowest BCUT2D eigenvalue weighted by Gasteiger charge is -2.41. The fraction of sp³-hybridized carbons (Fsp3) is 0.200. The van der Waals surface area contributed by atoms with Crippen LogP contribution >= 0.6 is 11.3 Å². The van der Waals surface area contributed by atoms with Gasteiger partial charge in [-0.15, -0.1) is 11.3 Å². The lowest BCUT2D eigenvalue weighted by Crippen LogP contribution is -2.54. The smallest absolute Gasteiger partial charge is 0.340 e. The minimum Gasteiger partial charge on any atom is -0.487 e. The third-order valence-corrected chi connectivity index (χ3v) is 7.13. The zero-order chi connectivity index (χ0) is 25.3. The van der Waals surface area contributed by atoms with Crippen molar-refractivity contribution in [3.63, 3.8) is 0 Å². The maximum Gasteiger partial charge on any atom is 0.340 e. The Morgan fingerprint density at radius 1 is 1.11 bits per heavy atom. The van der Waals surface area contributed by atoms with E-state index in [-0.39, 0.29) is 12.1 Å². The highest BCUT2D eigenvalue weighted by Gasteiger charge is 2.32. The summed E-state index contributed by atoms with van der Waals surface area (Å²) in [5.41, 5.74) is 3.70.